The molecule has 1 rings (SSSR count). The van der Waals surface area contributed by atoms with E-state index in [9.17, 15) is 9.90 Å². The molecular formula is C14H23NO3. The molecule has 0 heterocycles. The van der Waals surface area contributed by atoms with E-state index < -0.39 is 0 Å². The van der Waals surface area contributed by atoms with Crippen molar-refractivity contribution in [3.05, 3.63) is 11.3 Å². The molecule has 1 aliphatic rings. The minimum atomic E-state index is -0.173. The highest BCUT2D eigenvalue weighted by atomic mass is 16.6. The summed E-state index contributed by atoms with van der Waals surface area (Å²) in [5, 5.41) is 14.0. The maximum atomic E-state index is 12.1. The van der Waals surface area contributed by atoms with Gasteiger partial charge in [0.2, 0.25) is 0 Å². The summed E-state index contributed by atoms with van der Waals surface area (Å²) < 4.78 is 0. The quantitative estimate of drug-likeness (QED) is 0.464. The molecule has 0 atom stereocenters. The second kappa shape index (κ2) is 6.03. The maximum absolute atomic E-state index is 12.1. The van der Waals surface area contributed by atoms with E-state index in [1.807, 2.05) is 27.7 Å². The van der Waals surface area contributed by atoms with Crippen molar-refractivity contribution in [2.24, 2.45) is 10.6 Å². The van der Waals surface area contributed by atoms with Gasteiger partial charge in [0.15, 0.2) is 5.78 Å². The van der Waals surface area contributed by atoms with Gasteiger partial charge in [-0.05, 0) is 18.3 Å². The highest BCUT2D eigenvalue weighted by molar-refractivity contribution is 6.23. The molecule has 0 radical (unpaired) electrons. The highest BCUT2D eigenvalue weighted by Crippen LogP contribution is 2.36. The predicted octanol–water partition coefficient (Wildman–Crippen LogP) is 3.38. The third-order valence-corrected chi connectivity index (χ3v) is 2.95. The van der Waals surface area contributed by atoms with Crippen LogP contribution in [0.2, 0.25) is 0 Å². The summed E-state index contributed by atoms with van der Waals surface area (Å²) in [7, 11) is 0. The fourth-order valence-corrected chi connectivity index (χ4v) is 2.12. The van der Waals surface area contributed by atoms with E-state index >= 15 is 0 Å². The van der Waals surface area contributed by atoms with Gasteiger partial charge in [-0.2, -0.15) is 0 Å². The molecule has 0 amide bonds. The average molecular weight is 253 g/mol. The Morgan fingerprint density at radius 2 is 2.06 bits per heavy atom. The summed E-state index contributed by atoms with van der Waals surface area (Å²) >= 11 is 0. The lowest BCUT2D eigenvalue weighted by molar-refractivity contribution is -0.118. The van der Waals surface area contributed by atoms with E-state index in [1.54, 1.807) is 0 Å². The molecule has 0 spiro atoms. The van der Waals surface area contributed by atoms with Gasteiger partial charge in [0, 0.05) is 12.8 Å². The van der Waals surface area contributed by atoms with Crippen molar-refractivity contribution in [2.75, 3.05) is 6.61 Å². The van der Waals surface area contributed by atoms with Crippen molar-refractivity contribution in [1.29, 1.82) is 0 Å². The van der Waals surface area contributed by atoms with Crippen LogP contribution in [0.3, 0.4) is 0 Å². The average Bonchev–Trinajstić information content (AvgIpc) is 2.24. The molecule has 0 aromatic rings. The molecule has 18 heavy (non-hydrogen) atoms. The summed E-state index contributed by atoms with van der Waals surface area (Å²) in [6.45, 7) is 8.38. The van der Waals surface area contributed by atoms with Gasteiger partial charge in [0.1, 0.15) is 12.4 Å². The summed E-state index contributed by atoms with van der Waals surface area (Å²) in [6, 6.07) is 0. The Kier molecular flexibility index (Phi) is 4.93. The van der Waals surface area contributed by atoms with Crippen LogP contribution in [0.25, 0.3) is 0 Å². The third kappa shape index (κ3) is 3.59. The predicted molar refractivity (Wildman–Crippen MR) is 71.6 cm³/mol. The zero-order valence-corrected chi connectivity index (χ0v) is 11.7. The van der Waals surface area contributed by atoms with Gasteiger partial charge in [-0.25, -0.2) is 0 Å². The molecule has 0 saturated carbocycles. The molecule has 0 aromatic heterocycles. The van der Waals surface area contributed by atoms with Crippen LogP contribution in [0, 0.1) is 5.41 Å². The Labute approximate surface area is 109 Å². The van der Waals surface area contributed by atoms with Crippen LogP contribution in [0.4, 0.5) is 0 Å². The molecule has 0 saturated heterocycles. The molecule has 4 heteroatoms. The molecule has 1 N–H and O–H groups in total. The fraction of sp³-hybridized carbons (Fsp3) is 0.714. The SMILES string of the molecule is CCCON=C(CC)C1=C(O)CC(C)(C)CC1=O. The van der Waals surface area contributed by atoms with Crippen molar-refractivity contribution >= 4 is 11.5 Å². The van der Waals surface area contributed by atoms with Gasteiger partial charge in [0.25, 0.3) is 0 Å². The molecule has 0 fully saturated rings. The van der Waals surface area contributed by atoms with Crippen LogP contribution >= 0.6 is 0 Å². The first-order valence-electron chi connectivity index (χ1n) is 6.55. The number of hydrogen-bond donors (Lipinski definition) is 1. The zero-order valence-electron chi connectivity index (χ0n) is 11.7. The zero-order chi connectivity index (χ0) is 13.8. The summed E-state index contributed by atoms with van der Waals surface area (Å²) in [5.74, 6) is 0.112. The number of ketones is 1. The van der Waals surface area contributed by atoms with Crippen molar-refractivity contribution in [3.63, 3.8) is 0 Å². The highest BCUT2D eigenvalue weighted by Gasteiger charge is 2.34. The van der Waals surface area contributed by atoms with Crippen LogP contribution in [0.1, 0.15) is 53.4 Å². The van der Waals surface area contributed by atoms with Gasteiger partial charge in [-0.1, -0.05) is 32.9 Å². The smallest absolute Gasteiger partial charge is 0.168 e. The van der Waals surface area contributed by atoms with Crippen molar-refractivity contribution in [3.8, 4) is 0 Å². The molecule has 102 valence electrons. The van der Waals surface area contributed by atoms with E-state index in [4.69, 9.17) is 4.84 Å². The Morgan fingerprint density at radius 3 is 2.56 bits per heavy atom. The van der Waals surface area contributed by atoms with Crippen molar-refractivity contribution < 1.29 is 14.7 Å². The first kappa shape index (κ1) is 14.7. The second-order valence-corrected chi connectivity index (χ2v) is 5.49. The van der Waals surface area contributed by atoms with E-state index in [2.05, 4.69) is 5.16 Å². The van der Waals surface area contributed by atoms with E-state index in [0.29, 0.717) is 37.2 Å². The molecule has 1 aliphatic carbocycles. The summed E-state index contributed by atoms with van der Waals surface area (Å²) in [5.41, 5.74) is 0.753. The number of nitrogens with zero attached hydrogens (tertiary/aromatic N) is 1. The van der Waals surface area contributed by atoms with Crippen LogP contribution in [0.5, 0.6) is 0 Å². The lowest BCUT2D eigenvalue weighted by Crippen LogP contribution is -2.29. The molecular weight excluding hydrogens is 230 g/mol. The Bertz CT molecular complexity index is 381. The Balaban J connectivity index is 2.97. The van der Waals surface area contributed by atoms with E-state index in [1.165, 1.54) is 0 Å². The molecule has 0 bridgehead atoms. The number of oxime groups is 1. The van der Waals surface area contributed by atoms with Crippen LogP contribution < -0.4 is 0 Å². The minimum absolute atomic E-state index is 0.0375. The second-order valence-electron chi connectivity index (χ2n) is 5.49. The van der Waals surface area contributed by atoms with Crippen LogP contribution in [-0.2, 0) is 9.63 Å². The lowest BCUT2D eigenvalue weighted by Gasteiger charge is -2.29. The number of hydrogen-bond acceptors (Lipinski definition) is 4. The number of allylic oxidation sites excluding steroid dienone is 2. The lowest BCUT2D eigenvalue weighted by atomic mass is 9.75. The molecule has 0 unspecified atom stereocenters. The standard InChI is InChI=1S/C14H23NO3/c1-5-7-18-15-10(6-2)13-11(16)8-14(3,4)9-12(13)17/h16H,5-9H2,1-4H3. The number of aliphatic hydroxyl groups is 1. The van der Waals surface area contributed by atoms with Crippen molar-refractivity contribution in [1.82, 2.24) is 0 Å². The number of Topliss-reactive ketones (excluding diaryl/α,β-unsaturated/α-hetero) is 1. The summed E-state index contributed by atoms with van der Waals surface area (Å²) in [6.07, 6.45) is 2.40. The summed E-state index contributed by atoms with van der Waals surface area (Å²) in [4.78, 5) is 17.2. The van der Waals surface area contributed by atoms with Crippen LogP contribution in [0.15, 0.2) is 16.5 Å². The van der Waals surface area contributed by atoms with E-state index in [-0.39, 0.29) is 17.0 Å². The molecule has 4 nitrogen and oxygen atoms in total. The Morgan fingerprint density at radius 1 is 1.39 bits per heavy atom. The van der Waals surface area contributed by atoms with Gasteiger partial charge >= 0.3 is 0 Å². The van der Waals surface area contributed by atoms with Gasteiger partial charge in [0.05, 0.1) is 11.3 Å². The fourth-order valence-electron chi connectivity index (χ4n) is 2.12. The monoisotopic (exact) mass is 253 g/mol. The number of carbonyl (C=O) groups excluding carboxylic acids is 1. The molecule has 0 aromatic carbocycles. The van der Waals surface area contributed by atoms with E-state index in [0.717, 1.165) is 6.42 Å². The number of carbonyl (C=O) groups is 1. The number of rotatable bonds is 5. The largest absolute Gasteiger partial charge is 0.511 e. The minimum Gasteiger partial charge on any atom is -0.511 e. The third-order valence-electron chi connectivity index (χ3n) is 2.95. The first-order valence-corrected chi connectivity index (χ1v) is 6.55. The van der Waals surface area contributed by atoms with Gasteiger partial charge < -0.3 is 9.94 Å². The normalized spacial score (nSPS) is 20.2. The maximum Gasteiger partial charge on any atom is 0.168 e. The molecule has 0 aliphatic heterocycles. The van der Waals surface area contributed by atoms with Crippen LogP contribution in [-0.4, -0.2) is 23.2 Å². The number of aliphatic hydroxyl groups excluding tert-OH is 1. The topological polar surface area (TPSA) is 58.9 Å². The van der Waals surface area contributed by atoms with Gasteiger partial charge in [-0.15, -0.1) is 0 Å². The van der Waals surface area contributed by atoms with Gasteiger partial charge in [-0.3, -0.25) is 4.79 Å². The van der Waals surface area contributed by atoms with Crippen molar-refractivity contribution in [2.45, 2.75) is 53.4 Å². The Hall–Kier alpha value is -1.32. The first-order chi connectivity index (χ1) is 8.41.